The number of methoxy groups -OCH3 is 2. The highest BCUT2D eigenvalue weighted by molar-refractivity contribution is 7.44. The van der Waals surface area contributed by atoms with Crippen molar-refractivity contribution >= 4 is 26.0 Å². The zero-order chi connectivity index (χ0) is 52.7. The van der Waals surface area contributed by atoms with Crippen molar-refractivity contribution in [3.05, 3.63) is 187 Å². The van der Waals surface area contributed by atoms with Crippen molar-refractivity contribution in [3.63, 3.8) is 0 Å². The molecule has 0 radical (unpaired) electrons. The summed E-state index contributed by atoms with van der Waals surface area (Å²) < 4.78 is 43.3. The Hall–Kier alpha value is -6.83. The molecule has 8 rings (SSSR count). The molecule has 5 aromatic rings. The van der Waals surface area contributed by atoms with Gasteiger partial charge in [0.1, 0.15) is 29.4 Å². The Morgan fingerprint density at radius 2 is 1.42 bits per heavy atom. The molecular formula is C57H62N5O11P. The van der Waals surface area contributed by atoms with E-state index >= 15 is 0 Å². The highest BCUT2D eigenvalue weighted by Gasteiger charge is 2.46. The van der Waals surface area contributed by atoms with E-state index in [-0.39, 0.29) is 73.9 Å². The van der Waals surface area contributed by atoms with E-state index in [0.29, 0.717) is 22.6 Å². The first-order chi connectivity index (χ1) is 35.7. The average Bonchev–Trinajstić information content (AvgIpc) is 3.82. The molecule has 1 aliphatic heterocycles. The smallest absolute Gasteiger partial charge is 0.333 e. The number of fused-ring (bicyclic) bond motifs is 2. The molecule has 2 aliphatic carbocycles. The van der Waals surface area contributed by atoms with Gasteiger partial charge < -0.3 is 33.3 Å². The van der Waals surface area contributed by atoms with Gasteiger partial charge in [-0.2, -0.15) is 5.26 Å². The molecule has 6 atom stereocenters. The van der Waals surface area contributed by atoms with Gasteiger partial charge in [-0.05, 0) is 75.6 Å². The van der Waals surface area contributed by atoms with Gasteiger partial charge in [0.05, 0.1) is 57.9 Å². The maximum Gasteiger partial charge on any atom is 0.333 e. The average molecular weight is 1020 g/mol. The molecule has 74 heavy (non-hydrogen) atoms. The Labute approximate surface area is 432 Å². The van der Waals surface area contributed by atoms with Gasteiger partial charge in [0, 0.05) is 60.1 Å². The monoisotopic (exact) mass is 1020 g/mol. The number of benzene rings is 4. The molecule has 0 spiro atoms. The summed E-state index contributed by atoms with van der Waals surface area (Å²) in [6, 6.07) is 34.0. The van der Waals surface area contributed by atoms with Crippen molar-refractivity contribution in [1.82, 2.24) is 19.1 Å². The van der Waals surface area contributed by atoms with E-state index in [1.54, 1.807) is 51.5 Å². The van der Waals surface area contributed by atoms with Crippen molar-refractivity contribution in [2.75, 3.05) is 34.0 Å². The molecule has 1 aromatic heterocycles. The number of aromatic nitrogens is 2. The van der Waals surface area contributed by atoms with Gasteiger partial charge in [0.25, 0.3) is 20.0 Å². The van der Waals surface area contributed by atoms with Crippen LogP contribution in [-0.2, 0) is 35.5 Å². The number of carbonyl (C=O) groups excluding carboxylic acids is 3. The van der Waals surface area contributed by atoms with Crippen molar-refractivity contribution in [3.8, 4) is 17.6 Å². The molecule has 16 nitrogen and oxygen atoms in total. The minimum absolute atomic E-state index is 0.0139. The normalized spacial score (nSPS) is 19.7. The van der Waals surface area contributed by atoms with E-state index in [9.17, 15) is 29.2 Å². The minimum atomic E-state index is -1.80. The number of ether oxygens (including phenoxy) is 4. The summed E-state index contributed by atoms with van der Waals surface area (Å²) in [5, 5.41) is 12.3. The molecule has 1 saturated heterocycles. The third-order valence-corrected chi connectivity index (χ3v) is 15.7. The first-order valence-electron chi connectivity index (χ1n) is 24.8. The van der Waals surface area contributed by atoms with E-state index in [4.69, 9.17) is 28.0 Å². The Kier molecular flexibility index (Phi) is 17.0. The van der Waals surface area contributed by atoms with Gasteiger partial charge in [0.15, 0.2) is 11.6 Å². The second kappa shape index (κ2) is 23.6. The van der Waals surface area contributed by atoms with E-state index in [0.717, 1.165) is 21.3 Å². The van der Waals surface area contributed by atoms with Crippen LogP contribution in [0.3, 0.4) is 0 Å². The molecular weight excluding hydrogens is 962 g/mol. The minimum Gasteiger partial charge on any atom is -0.497 e. The first-order valence-corrected chi connectivity index (χ1v) is 25.9. The summed E-state index contributed by atoms with van der Waals surface area (Å²) in [6.07, 6.45) is 3.87. The van der Waals surface area contributed by atoms with Gasteiger partial charge in [0.2, 0.25) is 0 Å². The fraction of sp³-hybridized carbons (Fsp3) is 0.368. The lowest BCUT2D eigenvalue weighted by molar-refractivity contribution is -0.117. The van der Waals surface area contributed by atoms with Crippen LogP contribution in [0.15, 0.2) is 143 Å². The topological polar surface area (TPSA) is 190 Å². The van der Waals surface area contributed by atoms with Crippen LogP contribution >= 0.6 is 8.53 Å². The van der Waals surface area contributed by atoms with Crippen molar-refractivity contribution < 1.29 is 42.4 Å². The lowest BCUT2D eigenvalue weighted by Crippen LogP contribution is -2.44. The van der Waals surface area contributed by atoms with Crippen LogP contribution in [-0.4, -0.2) is 89.5 Å². The third-order valence-electron chi connectivity index (χ3n) is 13.6. The largest absolute Gasteiger partial charge is 0.497 e. The van der Waals surface area contributed by atoms with E-state index < -0.39 is 61.6 Å². The lowest BCUT2D eigenvalue weighted by Gasteiger charge is -2.39. The molecule has 1 N–H and O–H groups in total. The number of aryl methyl sites for hydroxylation is 1. The maximum absolute atomic E-state index is 14.6. The summed E-state index contributed by atoms with van der Waals surface area (Å²) in [5.74, 6) is -1.18. The fourth-order valence-electron chi connectivity index (χ4n) is 9.96. The standard InChI is InChI=1S/C57H62N5O11P/c1-36(2)62(37(3)4)74(71-31-13-28-58)73-49-33-51(72-50(49)35-70-57(40-14-9-8-10-15-40,41-19-23-43(68-6)24-20-41)42-21-25-44(69-7)26-22-42)61-34-38(5)55(66)60(56(61)67)30-29-59-54(65)39-18-27-47-48(32-39)53(64)46-17-12-11-16-45(46)52(47)63/h8-12,14-27,32,34,36-37,47-51H,13,29-31,33,35H2,1-7H3,(H,59,65). The molecule has 2 heterocycles. The summed E-state index contributed by atoms with van der Waals surface area (Å²) in [4.78, 5) is 68.6. The summed E-state index contributed by atoms with van der Waals surface area (Å²) in [5.41, 5.74) is 1.12. The molecule has 3 aliphatic rings. The molecule has 1 fully saturated rings. The van der Waals surface area contributed by atoms with Crippen LogP contribution in [0.25, 0.3) is 0 Å². The molecule has 0 bridgehead atoms. The van der Waals surface area contributed by atoms with Crippen LogP contribution in [0, 0.1) is 30.1 Å². The number of carbonyl (C=O) groups is 3. The first kappa shape index (κ1) is 53.5. The zero-order valence-corrected chi connectivity index (χ0v) is 43.5. The predicted molar refractivity (Wildman–Crippen MR) is 279 cm³/mol. The molecule has 386 valence electrons. The highest BCUT2D eigenvalue weighted by Crippen LogP contribution is 2.51. The Bertz CT molecular complexity index is 3000. The van der Waals surface area contributed by atoms with E-state index in [1.807, 2.05) is 107 Å². The molecule has 4 aromatic carbocycles. The van der Waals surface area contributed by atoms with Gasteiger partial charge in [-0.15, -0.1) is 0 Å². The lowest BCUT2D eigenvalue weighted by atomic mass is 9.71. The van der Waals surface area contributed by atoms with Crippen LogP contribution in [0.2, 0.25) is 0 Å². The van der Waals surface area contributed by atoms with E-state index in [1.165, 1.54) is 22.9 Å². The Morgan fingerprint density at radius 3 is 2.00 bits per heavy atom. The van der Waals surface area contributed by atoms with Gasteiger partial charge in [-0.1, -0.05) is 97.1 Å². The van der Waals surface area contributed by atoms with Crippen molar-refractivity contribution in [1.29, 1.82) is 5.26 Å². The van der Waals surface area contributed by atoms with Crippen molar-refractivity contribution in [2.45, 2.75) is 90.1 Å². The second-order valence-corrected chi connectivity index (χ2v) is 20.3. The zero-order valence-electron chi connectivity index (χ0n) is 42.6. The number of amides is 1. The fourth-order valence-corrected chi connectivity index (χ4v) is 11.7. The van der Waals surface area contributed by atoms with Crippen LogP contribution in [0.5, 0.6) is 11.5 Å². The Morgan fingerprint density at radius 1 is 0.838 bits per heavy atom. The van der Waals surface area contributed by atoms with Crippen molar-refractivity contribution in [2.24, 2.45) is 11.8 Å². The number of hydrogen-bond donors (Lipinski definition) is 1. The second-order valence-electron chi connectivity index (χ2n) is 18.9. The van der Waals surface area contributed by atoms with Crippen LogP contribution in [0.1, 0.15) is 89.7 Å². The molecule has 17 heteroatoms. The summed E-state index contributed by atoms with van der Waals surface area (Å²) in [7, 11) is 1.42. The van der Waals surface area contributed by atoms with Gasteiger partial charge >= 0.3 is 5.69 Å². The Balaban J connectivity index is 1.11. The van der Waals surface area contributed by atoms with Crippen LogP contribution < -0.4 is 26.0 Å². The molecule has 0 saturated carbocycles. The number of nitriles is 1. The molecule has 6 unspecified atom stereocenters. The number of rotatable bonds is 21. The molecule has 1 amide bonds. The third kappa shape index (κ3) is 11.0. The van der Waals surface area contributed by atoms with E-state index in [2.05, 4.69) is 16.1 Å². The number of nitrogens with one attached hydrogen (secondary N) is 1. The number of hydrogen-bond acceptors (Lipinski definition) is 13. The van der Waals surface area contributed by atoms with Gasteiger partial charge in [-0.25, -0.2) is 9.46 Å². The quantitative estimate of drug-likeness (QED) is 0.0421. The number of nitrogens with zero attached hydrogens (tertiary/aromatic N) is 4. The summed E-state index contributed by atoms with van der Waals surface area (Å²) >= 11 is 0. The number of allylic oxidation sites excluding steroid dienone is 2. The predicted octanol–water partition coefficient (Wildman–Crippen LogP) is 8.22. The van der Waals surface area contributed by atoms with Gasteiger partial charge in [-0.3, -0.25) is 28.3 Å². The number of ketones is 2. The van der Waals surface area contributed by atoms with Crippen LogP contribution in [0.4, 0.5) is 0 Å². The SMILES string of the molecule is COc1ccc(C(OCC2OC(n3cc(C)c(=O)n(CCNC(=O)C4=CC5C(=O)c6ccccc6C(=O)C5C=C4)c3=O)CC2OP(OCCC#N)N(C(C)C)C(C)C)(c2ccccc2)c2ccc(OC)cc2)cc1. The highest BCUT2D eigenvalue weighted by atomic mass is 31.2. The summed E-state index contributed by atoms with van der Waals surface area (Å²) in [6.45, 7) is 9.57. The number of Topliss-reactive ketones (excluding diaryl/α,β-unsaturated/α-hetero) is 2. The maximum atomic E-state index is 14.6.